The number of alkyl halides is 3. The van der Waals surface area contributed by atoms with Crippen LogP contribution < -0.4 is 5.73 Å². The number of anilines is 1. The average molecular weight is 265 g/mol. The van der Waals surface area contributed by atoms with Gasteiger partial charge in [0.05, 0.1) is 13.2 Å². The second-order valence-electron chi connectivity index (χ2n) is 3.69. The third-order valence-electron chi connectivity index (χ3n) is 2.42. The quantitative estimate of drug-likeness (QED) is 0.732. The van der Waals surface area contributed by atoms with Crippen LogP contribution in [-0.2, 0) is 4.74 Å². The van der Waals surface area contributed by atoms with Gasteiger partial charge >= 0.3 is 6.18 Å². The van der Waals surface area contributed by atoms with Crippen LogP contribution in [0.4, 0.5) is 19.1 Å². The van der Waals surface area contributed by atoms with E-state index in [1.165, 1.54) is 0 Å². The maximum atomic E-state index is 12.5. The van der Waals surface area contributed by atoms with Crippen molar-refractivity contribution in [2.24, 2.45) is 0 Å². The number of carbonyl (C=O) groups is 1. The second kappa shape index (κ2) is 4.44. The van der Waals surface area contributed by atoms with E-state index < -0.39 is 24.7 Å². The lowest BCUT2D eigenvalue weighted by Gasteiger charge is -2.33. The molecule has 0 aliphatic carbocycles. The normalized spacial score (nSPS) is 21.1. The monoisotopic (exact) mass is 265 g/mol. The summed E-state index contributed by atoms with van der Waals surface area (Å²) >= 11 is 0. The van der Waals surface area contributed by atoms with Gasteiger partial charge in [-0.2, -0.15) is 18.2 Å². The van der Waals surface area contributed by atoms with Crippen LogP contribution in [-0.4, -0.2) is 58.0 Å². The first-order valence-electron chi connectivity index (χ1n) is 5.03. The van der Waals surface area contributed by atoms with Gasteiger partial charge in [-0.15, -0.1) is 5.10 Å². The number of hydrogen-bond acceptors (Lipinski definition) is 5. The highest BCUT2D eigenvalue weighted by atomic mass is 19.4. The molecule has 0 bridgehead atoms. The Morgan fingerprint density at radius 1 is 1.56 bits per heavy atom. The van der Waals surface area contributed by atoms with Crippen LogP contribution in [0.5, 0.6) is 0 Å². The number of H-pyrrole nitrogens is 1. The van der Waals surface area contributed by atoms with E-state index in [0.717, 1.165) is 4.90 Å². The first kappa shape index (κ1) is 12.6. The van der Waals surface area contributed by atoms with Crippen LogP contribution in [0.3, 0.4) is 0 Å². The highest BCUT2D eigenvalue weighted by Gasteiger charge is 2.44. The summed E-state index contributed by atoms with van der Waals surface area (Å²) in [6, 6.07) is 0. The minimum Gasteiger partial charge on any atom is -0.366 e. The molecule has 2 rings (SSSR count). The minimum atomic E-state index is -4.50. The van der Waals surface area contributed by atoms with Crippen LogP contribution in [0, 0.1) is 0 Å². The van der Waals surface area contributed by atoms with Crippen molar-refractivity contribution < 1.29 is 22.7 Å². The van der Waals surface area contributed by atoms with E-state index in [4.69, 9.17) is 5.73 Å². The largest absolute Gasteiger partial charge is 0.416 e. The molecule has 100 valence electrons. The number of nitrogens with one attached hydrogen (secondary N) is 1. The molecule has 0 aromatic carbocycles. The van der Waals surface area contributed by atoms with E-state index in [0.29, 0.717) is 0 Å². The highest BCUT2D eigenvalue weighted by molar-refractivity contribution is 5.90. The van der Waals surface area contributed by atoms with Crippen molar-refractivity contribution >= 4 is 11.9 Å². The predicted molar refractivity (Wildman–Crippen MR) is 52.5 cm³/mol. The molecule has 3 N–H and O–H groups in total. The summed E-state index contributed by atoms with van der Waals surface area (Å²) in [6.07, 6.45) is -6.48. The van der Waals surface area contributed by atoms with Crippen molar-refractivity contribution in [3.63, 3.8) is 0 Å². The van der Waals surface area contributed by atoms with Gasteiger partial charge in [0.25, 0.3) is 5.91 Å². The fourth-order valence-corrected chi connectivity index (χ4v) is 1.55. The summed E-state index contributed by atoms with van der Waals surface area (Å²) in [5, 5.41) is 5.70. The smallest absolute Gasteiger partial charge is 0.366 e. The minimum absolute atomic E-state index is 0.0615. The van der Waals surface area contributed by atoms with Crippen molar-refractivity contribution in [3.8, 4) is 0 Å². The molecule has 18 heavy (non-hydrogen) atoms. The van der Waals surface area contributed by atoms with Gasteiger partial charge in [-0.25, -0.2) is 0 Å². The number of aromatic amines is 1. The number of aromatic nitrogens is 3. The third kappa shape index (κ3) is 2.53. The maximum absolute atomic E-state index is 12.5. The summed E-state index contributed by atoms with van der Waals surface area (Å²) in [6.45, 7) is -0.686. The predicted octanol–water partition coefficient (Wildman–Crippen LogP) is -0.210. The van der Waals surface area contributed by atoms with Gasteiger partial charge in [0.2, 0.25) is 11.8 Å². The molecule has 10 heteroatoms. The van der Waals surface area contributed by atoms with E-state index >= 15 is 0 Å². The zero-order valence-corrected chi connectivity index (χ0v) is 9.07. The third-order valence-corrected chi connectivity index (χ3v) is 2.42. The lowest BCUT2D eigenvalue weighted by Crippen LogP contribution is -2.51. The van der Waals surface area contributed by atoms with Crippen LogP contribution in [0.1, 0.15) is 10.6 Å². The van der Waals surface area contributed by atoms with Gasteiger partial charge in [0, 0.05) is 6.54 Å². The molecule has 0 spiro atoms. The van der Waals surface area contributed by atoms with E-state index in [9.17, 15) is 18.0 Å². The summed E-state index contributed by atoms with van der Waals surface area (Å²) < 4.78 is 42.0. The topological polar surface area (TPSA) is 97.1 Å². The Hall–Kier alpha value is -1.84. The molecule has 1 aliphatic rings. The number of morpholine rings is 1. The molecule has 7 nitrogen and oxygen atoms in total. The standard InChI is InChI=1S/C8H10F3N5O2/c9-8(10,11)4-3-16(1-2-18-4)6(17)5-13-7(12)15-14-5/h4H,1-3H2,(H3,12,13,14,15). The van der Waals surface area contributed by atoms with Gasteiger partial charge in [-0.1, -0.05) is 0 Å². The van der Waals surface area contributed by atoms with Crippen LogP contribution in [0.25, 0.3) is 0 Å². The fourth-order valence-electron chi connectivity index (χ4n) is 1.55. The zero-order chi connectivity index (χ0) is 13.3. The van der Waals surface area contributed by atoms with E-state index in [1.807, 2.05) is 0 Å². The Morgan fingerprint density at radius 3 is 2.83 bits per heavy atom. The van der Waals surface area contributed by atoms with Crippen LogP contribution in [0.15, 0.2) is 0 Å². The molecule has 1 aliphatic heterocycles. The number of hydrogen-bond donors (Lipinski definition) is 2. The average Bonchev–Trinajstić information content (AvgIpc) is 2.74. The fraction of sp³-hybridized carbons (Fsp3) is 0.625. The van der Waals surface area contributed by atoms with E-state index in [-0.39, 0.29) is 24.9 Å². The lowest BCUT2D eigenvalue weighted by atomic mass is 10.2. The van der Waals surface area contributed by atoms with Gasteiger partial charge < -0.3 is 15.4 Å². The van der Waals surface area contributed by atoms with Gasteiger partial charge in [-0.05, 0) is 0 Å². The molecule has 1 atom stereocenters. The molecule has 0 saturated carbocycles. The molecule has 1 amide bonds. The SMILES string of the molecule is Nc1n[nH]c(C(=O)N2CCOC(C(F)(F)F)C2)n1. The van der Waals surface area contributed by atoms with Crippen molar-refractivity contribution in [2.75, 3.05) is 25.4 Å². The van der Waals surface area contributed by atoms with Crippen molar-refractivity contribution in [1.82, 2.24) is 20.1 Å². The first-order chi connectivity index (χ1) is 8.38. The van der Waals surface area contributed by atoms with Gasteiger partial charge in [0.1, 0.15) is 0 Å². The summed E-state index contributed by atoms with van der Waals surface area (Å²) in [5.41, 5.74) is 5.21. The zero-order valence-electron chi connectivity index (χ0n) is 9.07. The number of ether oxygens (including phenoxy) is 1. The second-order valence-corrected chi connectivity index (χ2v) is 3.69. The number of nitrogens with zero attached hydrogens (tertiary/aromatic N) is 3. The Labute approximate surface area is 99.1 Å². The van der Waals surface area contributed by atoms with Gasteiger partial charge in [0.15, 0.2) is 6.10 Å². The Morgan fingerprint density at radius 2 is 2.28 bits per heavy atom. The van der Waals surface area contributed by atoms with Crippen molar-refractivity contribution in [1.29, 1.82) is 0 Å². The molecule has 2 heterocycles. The molecule has 1 aromatic rings. The number of halogens is 3. The molecule has 1 unspecified atom stereocenters. The Balaban J connectivity index is 2.07. The maximum Gasteiger partial charge on any atom is 0.416 e. The molecular formula is C8H10F3N5O2. The van der Waals surface area contributed by atoms with Crippen LogP contribution in [0.2, 0.25) is 0 Å². The number of nitrogen functional groups attached to an aromatic ring is 1. The van der Waals surface area contributed by atoms with Crippen molar-refractivity contribution in [2.45, 2.75) is 12.3 Å². The number of amides is 1. The van der Waals surface area contributed by atoms with Crippen LogP contribution >= 0.6 is 0 Å². The summed E-state index contributed by atoms with van der Waals surface area (Å²) in [7, 11) is 0. The Bertz CT molecular complexity index is 446. The van der Waals surface area contributed by atoms with E-state index in [2.05, 4.69) is 19.9 Å². The lowest BCUT2D eigenvalue weighted by molar-refractivity contribution is -0.233. The molecule has 1 saturated heterocycles. The number of nitrogens with two attached hydrogens (primary N) is 1. The number of rotatable bonds is 1. The molecular weight excluding hydrogens is 255 g/mol. The summed E-state index contributed by atoms with van der Waals surface area (Å²) in [5.74, 6) is -1.01. The highest BCUT2D eigenvalue weighted by Crippen LogP contribution is 2.26. The number of carbonyl (C=O) groups excluding carboxylic acids is 1. The van der Waals surface area contributed by atoms with E-state index in [1.54, 1.807) is 0 Å². The van der Waals surface area contributed by atoms with Crippen molar-refractivity contribution in [3.05, 3.63) is 5.82 Å². The first-order valence-corrected chi connectivity index (χ1v) is 5.03. The Kier molecular flexibility index (Phi) is 3.11. The summed E-state index contributed by atoms with van der Waals surface area (Å²) in [4.78, 5) is 16.4. The molecule has 1 fully saturated rings. The molecule has 0 radical (unpaired) electrons. The molecule has 1 aromatic heterocycles. The van der Waals surface area contributed by atoms with Gasteiger partial charge in [-0.3, -0.25) is 9.89 Å².